The van der Waals surface area contributed by atoms with Gasteiger partial charge in [0.15, 0.2) is 10.8 Å². The molecule has 27 heavy (non-hydrogen) atoms. The smallest absolute Gasteiger partial charge is 0.389 e. The highest BCUT2D eigenvalue weighted by Crippen LogP contribution is 2.35. The maximum Gasteiger partial charge on any atom is 0.445 e. The van der Waals surface area contributed by atoms with Crippen LogP contribution in [0, 0.1) is 5.82 Å². The summed E-state index contributed by atoms with van der Waals surface area (Å²) in [7, 11) is 0. The van der Waals surface area contributed by atoms with Crippen LogP contribution >= 0.6 is 11.3 Å². The zero-order valence-corrected chi connectivity index (χ0v) is 14.3. The summed E-state index contributed by atoms with van der Waals surface area (Å²) in [6, 6.07) is 0.663. The van der Waals surface area contributed by atoms with Crippen molar-refractivity contribution in [2.45, 2.75) is 24.7 Å². The molecule has 0 spiro atoms. The molecule has 0 aromatic carbocycles. The minimum absolute atomic E-state index is 0.0214. The molecule has 0 aliphatic carbocycles. The predicted molar refractivity (Wildman–Crippen MR) is 85.7 cm³/mol. The zero-order valence-electron chi connectivity index (χ0n) is 13.4. The molecule has 1 saturated heterocycles. The number of alkyl halides is 3. The van der Waals surface area contributed by atoms with E-state index in [0.29, 0.717) is 24.4 Å². The van der Waals surface area contributed by atoms with Crippen LogP contribution in [0.3, 0.4) is 0 Å². The van der Waals surface area contributed by atoms with Crippen molar-refractivity contribution >= 4 is 22.8 Å². The number of nitrogens with zero attached hydrogens (tertiary/aromatic N) is 5. The van der Waals surface area contributed by atoms with Crippen LogP contribution in [0.5, 0.6) is 0 Å². The molecule has 4 heterocycles. The maximum absolute atomic E-state index is 14.1. The van der Waals surface area contributed by atoms with E-state index < -0.39 is 23.1 Å². The Morgan fingerprint density at radius 1 is 1.33 bits per heavy atom. The van der Waals surface area contributed by atoms with Crippen LogP contribution < -0.4 is 5.32 Å². The molecule has 0 unspecified atom stereocenters. The molecular weight excluding hydrogens is 392 g/mol. The van der Waals surface area contributed by atoms with Crippen molar-refractivity contribution in [3.05, 3.63) is 23.1 Å². The molecule has 1 fully saturated rings. The lowest BCUT2D eigenvalue weighted by Crippen LogP contribution is -2.42. The third-order valence-corrected chi connectivity index (χ3v) is 4.99. The molecule has 3 aromatic heterocycles. The first kappa shape index (κ1) is 18.0. The van der Waals surface area contributed by atoms with Crippen molar-refractivity contribution in [3.8, 4) is 10.7 Å². The molecule has 144 valence electrons. The molecule has 0 amide bonds. The highest BCUT2D eigenvalue weighted by Gasteiger charge is 2.36. The van der Waals surface area contributed by atoms with Crippen LogP contribution in [-0.4, -0.2) is 55.3 Å². The van der Waals surface area contributed by atoms with Crippen molar-refractivity contribution in [1.29, 1.82) is 0 Å². The molecular formula is C14H12F4N6O2S. The summed E-state index contributed by atoms with van der Waals surface area (Å²) < 4.78 is 58.7. The minimum Gasteiger partial charge on any atom is -0.389 e. The van der Waals surface area contributed by atoms with Gasteiger partial charge in [-0.25, -0.2) is 13.9 Å². The lowest BCUT2D eigenvalue weighted by atomic mass is 10.1. The number of aromatic nitrogens is 5. The van der Waals surface area contributed by atoms with Crippen LogP contribution in [0.4, 0.5) is 23.5 Å². The number of anilines is 1. The van der Waals surface area contributed by atoms with Crippen molar-refractivity contribution in [3.63, 3.8) is 0 Å². The second-order valence-corrected chi connectivity index (χ2v) is 6.83. The first-order chi connectivity index (χ1) is 12.8. The summed E-state index contributed by atoms with van der Waals surface area (Å²) in [6.07, 6.45) is -3.69. The van der Waals surface area contributed by atoms with Gasteiger partial charge in [-0.2, -0.15) is 13.2 Å². The molecule has 3 aromatic rings. The first-order valence-corrected chi connectivity index (χ1v) is 8.62. The molecule has 8 nitrogen and oxygen atoms in total. The van der Waals surface area contributed by atoms with Gasteiger partial charge in [-0.1, -0.05) is 11.3 Å². The summed E-state index contributed by atoms with van der Waals surface area (Å²) in [5.41, 5.74) is 0.000288. The fraction of sp³-hybridized carbons (Fsp3) is 0.429. The number of fused-ring (bicyclic) bond motifs is 1. The topological polar surface area (TPSA) is 97.5 Å². The van der Waals surface area contributed by atoms with Crippen molar-refractivity contribution in [2.24, 2.45) is 0 Å². The van der Waals surface area contributed by atoms with E-state index in [4.69, 9.17) is 4.74 Å². The summed E-state index contributed by atoms with van der Waals surface area (Å²) in [5, 5.41) is 22.3. The zero-order chi connectivity index (χ0) is 19.2. The van der Waals surface area contributed by atoms with Crippen LogP contribution in [-0.2, 0) is 10.9 Å². The molecule has 1 aliphatic rings. The van der Waals surface area contributed by atoms with E-state index in [2.05, 4.69) is 25.6 Å². The van der Waals surface area contributed by atoms with Gasteiger partial charge in [-0.05, 0) is 6.42 Å². The van der Waals surface area contributed by atoms with Gasteiger partial charge in [0, 0.05) is 12.7 Å². The van der Waals surface area contributed by atoms with Gasteiger partial charge in [0.2, 0.25) is 11.0 Å². The van der Waals surface area contributed by atoms with Gasteiger partial charge >= 0.3 is 6.18 Å². The van der Waals surface area contributed by atoms with Crippen molar-refractivity contribution in [2.75, 3.05) is 18.5 Å². The highest BCUT2D eigenvalue weighted by atomic mass is 32.1. The largest absolute Gasteiger partial charge is 0.445 e. The Labute approximate surface area is 152 Å². The lowest BCUT2D eigenvalue weighted by molar-refractivity contribution is -0.138. The molecule has 0 bridgehead atoms. The van der Waals surface area contributed by atoms with Crippen LogP contribution in [0.15, 0.2) is 12.3 Å². The number of aliphatic hydroxyl groups excluding tert-OH is 1. The molecule has 0 saturated carbocycles. The van der Waals surface area contributed by atoms with E-state index in [1.54, 1.807) is 0 Å². The standard InChI is InChI=1S/C14H12F4N6O2S/c15-6-3-8(11-21-22-12(27-11)14(16,17)18)24-9(6)4-19-13(23-24)20-7-1-2-26-5-10(7)25/h3-4,7,10,25H,1-2,5H2,(H,20,23)/t7-,10-/m1/s1. The molecule has 0 radical (unpaired) electrons. The third-order valence-electron chi connectivity index (χ3n) is 4.00. The van der Waals surface area contributed by atoms with E-state index >= 15 is 0 Å². The molecule has 13 heteroatoms. The summed E-state index contributed by atoms with van der Waals surface area (Å²) in [4.78, 5) is 4.00. The Balaban J connectivity index is 1.70. The Bertz CT molecular complexity index is 974. The third kappa shape index (κ3) is 3.44. The fourth-order valence-electron chi connectivity index (χ4n) is 2.67. The highest BCUT2D eigenvalue weighted by molar-refractivity contribution is 7.14. The first-order valence-electron chi connectivity index (χ1n) is 7.80. The number of ether oxygens (including phenoxy) is 1. The Morgan fingerprint density at radius 2 is 2.15 bits per heavy atom. The normalized spacial score (nSPS) is 20.9. The van der Waals surface area contributed by atoms with E-state index in [-0.39, 0.29) is 34.8 Å². The van der Waals surface area contributed by atoms with E-state index in [0.717, 1.165) is 10.6 Å². The van der Waals surface area contributed by atoms with Crippen molar-refractivity contribution in [1.82, 2.24) is 24.8 Å². The van der Waals surface area contributed by atoms with Gasteiger partial charge in [0.25, 0.3) is 0 Å². The number of nitrogens with one attached hydrogen (secondary N) is 1. The van der Waals surface area contributed by atoms with Crippen LogP contribution in [0.25, 0.3) is 16.2 Å². The summed E-state index contributed by atoms with van der Waals surface area (Å²) in [5.74, 6) is -0.614. The molecule has 2 atom stereocenters. The quantitative estimate of drug-likeness (QED) is 0.644. The fourth-order valence-corrected chi connectivity index (χ4v) is 3.38. The van der Waals surface area contributed by atoms with Crippen LogP contribution in [0.2, 0.25) is 0 Å². The van der Waals surface area contributed by atoms with Crippen molar-refractivity contribution < 1.29 is 27.4 Å². The number of aliphatic hydroxyl groups is 1. The van der Waals surface area contributed by atoms with Gasteiger partial charge < -0.3 is 15.2 Å². The van der Waals surface area contributed by atoms with E-state index in [1.807, 2.05) is 0 Å². The van der Waals surface area contributed by atoms with Gasteiger partial charge in [0.05, 0.1) is 24.9 Å². The summed E-state index contributed by atoms with van der Waals surface area (Å²) >= 11 is 0.291. The monoisotopic (exact) mass is 404 g/mol. The lowest BCUT2D eigenvalue weighted by Gasteiger charge is -2.28. The number of rotatable bonds is 3. The molecule has 2 N–H and O–H groups in total. The number of hydrogen-bond acceptors (Lipinski definition) is 8. The second kappa shape index (κ2) is 6.65. The Morgan fingerprint density at radius 3 is 2.85 bits per heavy atom. The van der Waals surface area contributed by atoms with Gasteiger partial charge in [-0.15, -0.1) is 15.3 Å². The van der Waals surface area contributed by atoms with E-state index in [1.165, 1.54) is 6.20 Å². The SMILES string of the molecule is O[C@@H]1COCC[C@H]1Nc1ncc2c(F)cc(-c3nnc(C(F)(F)F)s3)n2n1. The number of hydrogen-bond donors (Lipinski definition) is 2. The average Bonchev–Trinajstić information content (AvgIpc) is 3.22. The van der Waals surface area contributed by atoms with E-state index in [9.17, 15) is 22.7 Å². The summed E-state index contributed by atoms with van der Waals surface area (Å²) in [6.45, 7) is 0.611. The Kier molecular flexibility index (Phi) is 4.44. The van der Waals surface area contributed by atoms with Gasteiger partial charge in [-0.3, -0.25) is 0 Å². The Hall–Kier alpha value is -2.38. The molecule has 1 aliphatic heterocycles. The second-order valence-electron chi connectivity index (χ2n) is 5.85. The molecule has 4 rings (SSSR count). The van der Waals surface area contributed by atoms with Gasteiger partial charge in [0.1, 0.15) is 11.2 Å². The van der Waals surface area contributed by atoms with Crippen LogP contribution in [0.1, 0.15) is 11.4 Å². The minimum atomic E-state index is -4.64. The number of halogens is 4. The average molecular weight is 404 g/mol. The predicted octanol–water partition coefficient (Wildman–Crippen LogP) is 1.97. The maximum atomic E-state index is 14.1.